The third kappa shape index (κ3) is 2.04. The molecule has 0 atom stereocenters. The number of nitrogen functional groups attached to an aromatic ring is 1. The van der Waals surface area contributed by atoms with Gasteiger partial charge in [-0.2, -0.15) is 0 Å². The molecule has 0 radical (unpaired) electrons. The van der Waals surface area contributed by atoms with Crippen molar-refractivity contribution in [2.45, 2.75) is 25.7 Å². The fourth-order valence-corrected chi connectivity index (χ4v) is 1.99. The largest absolute Gasteiger partial charge is 0.384 e. The topological polar surface area (TPSA) is 48.1 Å². The Morgan fingerprint density at radius 1 is 1.36 bits per heavy atom. The molecule has 3 heteroatoms. The Kier molecular flexibility index (Phi) is 2.68. The number of aromatic nitrogens is 1. The molecule has 1 aromatic heterocycles. The van der Waals surface area contributed by atoms with Crippen LogP contribution in [0.1, 0.15) is 30.0 Å². The monoisotopic (exact) mass is 192 g/mol. The van der Waals surface area contributed by atoms with Crippen molar-refractivity contribution in [3.63, 3.8) is 0 Å². The van der Waals surface area contributed by atoms with E-state index in [1.165, 1.54) is 5.56 Å². The molecule has 14 heavy (non-hydrogen) atoms. The van der Waals surface area contributed by atoms with Gasteiger partial charge in [-0.15, -0.1) is 0 Å². The SMILES string of the molecule is Cc1cc(C2CCOCC2)cc(N)n1. The van der Waals surface area contributed by atoms with Gasteiger partial charge in [-0.1, -0.05) is 0 Å². The first-order valence-electron chi connectivity index (χ1n) is 5.07. The molecule has 0 aliphatic carbocycles. The number of hydrogen-bond donors (Lipinski definition) is 1. The van der Waals surface area contributed by atoms with E-state index in [4.69, 9.17) is 10.5 Å². The van der Waals surface area contributed by atoms with Gasteiger partial charge in [0.25, 0.3) is 0 Å². The Morgan fingerprint density at radius 2 is 2.07 bits per heavy atom. The Balaban J connectivity index is 2.21. The van der Waals surface area contributed by atoms with Crippen molar-refractivity contribution < 1.29 is 4.74 Å². The predicted octanol–water partition coefficient (Wildman–Crippen LogP) is 1.87. The highest BCUT2D eigenvalue weighted by atomic mass is 16.5. The number of aryl methyl sites for hydroxylation is 1. The number of ether oxygens (including phenoxy) is 1. The predicted molar refractivity (Wildman–Crippen MR) is 56.2 cm³/mol. The Morgan fingerprint density at radius 3 is 2.71 bits per heavy atom. The molecule has 1 aliphatic rings. The molecule has 2 N–H and O–H groups in total. The standard InChI is InChI=1S/C11H16N2O/c1-8-6-10(7-11(12)13-8)9-2-4-14-5-3-9/h6-7,9H,2-5H2,1H3,(H2,12,13). The van der Waals surface area contributed by atoms with Gasteiger partial charge in [0.05, 0.1) is 0 Å². The molecular weight excluding hydrogens is 176 g/mol. The Bertz CT molecular complexity index is 299. The molecule has 0 unspecified atom stereocenters. The molecular formula is C11H16N2O. The van der Waals surface area contributed by atoms with Gasteiger partial charge >= 0.3 is 0 Å². The Labute approximate surface area is 84.3 Å². The van der Waals surface area contributed by atoms with Crippen LogP contribution < -0.4 is 5.73 Å². The molecule has 1 aliphatic heterocycles. The zero-order valence-corrected chi connectivity index (χ0v) is 8.49. The summed E-state index contributed by atoms with van der Waals surface area (Å²) in [5.74, 6) is 1.24. The minimum atomic E-state index is 0.604. The smallest absolute Gasteiger partial charge is 0.123 e. The van der Waals surface area contributed by atoms with Gasteiger partial charge in [0, 0.05) is 18.9 Å². The van der Waals surface area contributed by atoms with Crippen molar-refractivity contribution in [2.24, 2.45) is 0 Å². The van der Waals surface area contributed by atoms with Crippen LogP contribution in [-0.4, -0.2) is 18.2 Å². The minimum Gasteiger partial charge on any atom is -0.384 e. The van der Waals surface area contributed by atoms with E-state index >= 15 is 0 Å². The van der Waals surface area contributed by atoms with Crippen LogP contribution in [0.3, 0.4) is 0 Å². The third-order valence-electron chi connectivity index (χ3n) is 2.69. The van der Waals surface area contributed by atoms with Crippen LogP contribution in [-0.2, 0) is 4.74 Å². The molecule has 1 saturated heterocycles. The second-order valence-electron chi connectivity index (χ2n) is 3.85. The molecule has 0 amide bonds. The highest BCUT2D eigenvalue weighted by Crippen LogP contribution is 2.27. The van der Waals surface area contributed by atoms with Crippen LogP contribution in [0.5, 0.6) is 0 Å². The average Bonchev–Trinajstić information content (AvgIpc) is 2.18. The lowest BCUT2D eigenvalue weighted by Crippen LogP contribution is -2.14. The number of nitrogens with two attached hydrogens (primary N) is 1. The van der Waals surface area contributed by atoms with Gasteiger partial charge in [0.2, 0.25) is 0 Å². The van der Waals surface area contributed by atoms with E-state index in [0.717, 1.165) is 31.7 Å². The van der Waals surface area contributed by atoms with E-state index in [2.05, 4.69) is 11.1 Å². The van der Waals surface area contributed by atoms with Gasteiger partial charge in [-0.25, -0.2) is 4.98 Å². The first-order valence-corrected chi connectivity index (χ1v) is 5.07. The van der Waals surface area contributed by atoms with Gasteiger partial charge < -0.3 is 10.5 Å². The zero-order chi connectivity index (χ0) is 9.97. The van der Waals surface area contributed by atoms with Crippen LogP contribution in [0.15, 0.2) is 12.1 Å². The van der Waals surface area contributed by atoms with Crippen molar-refractivity contribution in [1.29, 1.82) is 0 Å². The fraction of sp³-hybridized carbons (Fsp3) is 0.545. The summed E-state index contributed by atoms with van der Waals surface area (Å²) in [5.41, 5.74) is 8.05. The zero-order valence-electron chi connectivity index (χ0n) is 8.49. The summed E-state index contributed by atoms with van der Waals surface area (Å²) < 4.78 is 5.33. The van der Waals surface area contributed by atoms with E-state index < -0.39 is 0 Å². The number of hydrogen-bond acceptors (Lipinski definition) is 3. The highest BCUT2D eigenvalue weighted by molar-refractivity contribution is 5.36. The van der Waals surface area contributed by atoms with Crippen molar-refractivity contribution in [2.75, 3.05) is 18.9 Å². The molecule has 0 aromatic carbocycles. The Hall–Kier alpha value is -1.09. The highest BCUT2D eigenvalue weighted by Gasteiger charge is 2.16. The summed E-state index contributed by atoms with van der Waals surface area (Å²) in [6.45, 7) is 3.72. The summed E-state index contributed by atoms with van der Waals surface area (Å²) in [4.78, 5) is 4.18. The van der Waals surface area contributed by atoms with Crippen molar-refractivity contribution in [3.05, 3.63) is 23.4 Å². The van der Waals surface area contributed by atoms with Gasteiger partial charge in [-0.3, -0.25) is 0 Å². The average molecular weight is 192 g/mol. The van der Waals surface area contributed by atoms with Crippen LogP contribution in [0, 0.1) is 6.92 Å². The molecule has 1 fully saturated rings. The molecule has 0 bridgehead atoms. The molecule has 2 heterocycles. The van der Waals surface area contributed by atoms with Crippen LogP contribution in [0.4, 0.5) is 5.82 Å². The molecule has 0 saturated carbocycles. The summed E-state index contributed by atoms with van der Waals surface area (Å²) in [6.07, 6.45) is 2.20. The molecule has 1 aromatic rings. The quantitative estimate of drug-likeness (QED) is 0.739. The van der Waals surface area contributed by atoms with Crippen molar-refractivity contribution in [3.8, 4) is 0 Å². The van der Waals surface area contributed by atoms with Crippen LogP contribution in [0.25, 0.3) is 0 Å². The molecule has 2 rings (SSSR count). The van der Waals surface area contributed by atoms with E-state index in [1.54, 1.807) is 0 Å². The maximum atomic E-state index is 5.72. The maximum absolute atomic E-state index is 5.72. The normalized spacial score (nSPS) is 18.4. The van der Waals surface area contributed by atoms with E-state index in [-0.39, 0.29) is 0 Å². The number of anilines is 1. The van der Waals surface area contributed by atoms with E-state index in [1.807, 2.05) is 13.0 Å². The lowest BCUT2D eigenvalue weighted by atomic mass is 9.92. The molecule has 3 nitrogen and oxygen atoms in total. The number of nitrogens with zero attached hydrogens (tertiary/aromatic N) is 1. The number of pyridine rings is 1. The summed E-state index contributed by atoms with van der Waals surface area (Å²) in [7, 11) is 0. The first-order chi connectivity index (χ1) is 6.75. The van der Waals surface area contributed by atoms with Crippen molar-refractivity contribution >= 4 is 5.82 Å². The second kappa shape index (κ2) is 3.96. The summed E-state index contributed by atoms with van der Waals surface area (Å²) >= 11 is 0. The number of rotatable bonds is 1. The van der Waals surface area contributed by atoms with E-state index in [9.17, 15) is 0 Å². The lowest BCUT2D eigenvalue weighted by Gasteiger charge is -2.22. The van der Waals surface area contributed by atoms with Crippen LogP contribution in [0.2, 0.25) is 0 Å². The van der Waals surface area contributed by atoms with Crippen LogP contribution >= 0.6 is 0 Å². The summed E-state index contributed by atoms with van der Waals surface area (Å²) in [5, 5.41) is 0. The molecule has 76 valence electrons. The minimum absolute atomic E-state index is 0.604. The third-order valence-corrected chi connectivity index (χ3v) is 2.69. The lowest BCUT2D eigenvalue weighted by molar-refractivity contribution is 0.0853. The van der Waals surface area contributed by atoms with Gasteiger partial charge in [0.15, 0.2) is 0 Å². The van der Waals surface area contributed by atoms with Gasteiger partial charge in [0.1, 0.15) is 5.82 Å². The molecule has 0 spiro atoms. The van der Waals surface area contributed by atoms with Gasteiger partial charge in [-0.05, 0) is 43.4 Å². The first kappa shape index (κ1) is 9.46. The summed E-state index contributed by atoms with van der Waals surface area (Å²) in [6, 6.07) is 4.12. The maximum Gasteiger partial charge on any atom is 0.123 e. The van der Waals surface area contributed by atoms with Crippen molar-refractivity contribution in [1.82, 2.24) is 4.98 Å². The van der Waals surface area contributed by atoms with E-state index in [0.29, 0.717) is 11.7 Å². The second-order valence-corrected chi connectivity index (χ2v) is 3.85. The fourth-order valence-electron chi connectivity index (χ4n) is 1.99.